The van der Waals surface area contributed by atoms with Crippen LogP contribution in [0.1, 0.15) is 0 Å². The van der Waals surface area contributed by atoms with Gasteiger partial charge in [-0.3, -0.25) is 4.98 Å². The summed E-state index contributed by atoms with van der Waals surface area (Å²) in [4.78, 5) is 5.88. The summed E-state index contributed by atoms with van der Waals surface area (Å²) in [5.41, 5.74) is 0.514. The minimum atomic E-state index is -0.318. The lowest BCUT2D eigenvalue weighted by molar-refractivity contribution is 0.626. The highest BCUT2D eigenvalue weighted by atomic mass is 32.1. The van der Waals surface area contributed by atoms with Crippen LogP contribution in [0.3, 0.4) is 0 Å². The van der Waals surface area contributed by atoms with Crippen molar-refractivity contribution in [1.82, 2.24) is 15.2 Å². The molecule has 0 atom stereocenters. The van der Waals surface area contributed by atoms with Gasteiger partial charge in [-0.15, -0.1) is 10.2 Å². The summed E-state index contributed by atoms with van der Waals surface area (Å²) in [5, 5.41) is 9.30. The van der Waals surface area contributed by atoms with Crippen molar-refractivity contribution in [3.05, 3.63) is 24.1 Å². The van der Waals surface area contributed by atoms with Gasteiger partial charge in [0.25, 0.3) is 0 Å². The Bertz CT molecular complexity index is 469. The Labute approximate surface area is 90.4 Å². The predicted octanol–water partition coefficient (Wildman–Crippen LogP) is 1.81. The molecule has 15 heavy (non-hydrogen) atoms. The van der Waals surface area contributed by atoms with E-state index in [4.69, 9.17) is 0 Å². The van der Waals surface area contributed by atoms with Gasteiger partial charge in [0.2, 0.25) is 5.13 Å². The van der Waals surface area contributed by atoms with Crippen molar-refractivity contribution in [3.8, 4) is 10.7 Å². The summed E-state index contributed by atoms with van der Waals surface area (Å²) in [6.07, 6.45) is 1.42. The summed E-state index contributed by atoms with van der Waals surface area (Å²) in [6.45, 7) is 0. The second-order valence-electron chi connectivity index (χ2n) is 3.14. The van der Waals surface area contributed by atoms with E-state index in [-0.39, 0.29) is 5.82 Å². The molecule has 0 amide bonds. The Morgan fingerprint density at radius 1 is 1.33 bits per heavy atom. The smallest absolute Gasteiger partial charge is 0.208 e. The molecule has 0 saturated heterocycles. The highest BCUT2D eigenvalue weighted by Gasteiger charge is 2.09. The van der Waals surface area contributed by atoms with Crippen LogP contribution in [-0.4, -0.2) is 29.3 Å². The number of anilines is 1. The van der Waals surface area contributed by atoms with Gasteiger partial charge in [-0.2, -0.15) is 0 Å². The summed E-state index contributed by atoms with van der Waals surface area (Å²) in [5.74, 6) is -0.318. The summed E-state index contributed by atoms with van der Waals surface area (Å²) in [7, 11) is 3.76. The van der Waals surface area contributed by atoms with Crippen LogP contribution in [-0.2, 0) is 0 Å². The van der Waals surface area contributed by atoms with Gasteiger partial charge in [0.15, 0.2) is 5.01 Å². The first-order valence-corrected chi connectivity index (χ1v) is 5.11. The normalized spacial score (nSPS) is 10.3. The molecule has 2 aromatic rings. The Kier molecular flexibility index (Phi) is 2.59. The SMILES string of the molecule is CN(C)c1nnc(-c2cc(F)ccn2)s1. The highest BCUT2D eigenvalue weighted by molar-refractivity contribution is 7.18. The van der Waals surface area contributed by atoms with Crippen LogP contribution < -0.4 is 4.90 Å². The van der Waals surface area contributed by atoms with Crippen LogP contribution in [0.15, 0.2) is 18.3 Å². The molecule has 0 radical (unpaired) electrons. The third-order valence-corrected chi connectivity index (χ3v) is 2.85. The molecule has 0 saturated carbocycles. The van der Waals surface area contributed by atoms with Gasteiger partial charge in [0, 0.05) is 26.4 Å². The fourth-order valence-corrected chi connectivity index (χ4v) is 1.76. The maximum absolute atomic E-state index is 12.9. The fraction of sp³-hybridized carbons (Fsp3) is 0.222. The van der Waals surface area contributed by atoms with Crippen molar-refractivity contribution in [3.63, 3.8) is 0 Å². The van der Waals surface area contributed by atoms with E-state index in [9.17, 15) is 4.39 Å². The van der Waals surface area contributed by atoms with Crippen LogP contribution in [0.25, 0.3) is 10.7 Å². The molecule has 0 aromatic carbocycles. The van der Waals surface area contributed by atoms with E-state index in [1.165, 1.54) is 29.7 Å². The Morgan fingerprint density at radius 3 is 2.73 bits per heavy atom. The number of aromatic nitrogens is 3. The molecular weight excluding hydrogens is 215 g/mol. The Hall–Kier alpha value is -1.56. The molecule has 2 rings (SSSR count). The van der Waals surface area contributed by atoms with Gasteiger partial charge in [0.1, 0.15) is 11.5 Å². The van der Waals surface area contributed by atoms with Gasteiger partial charge in [-0.25, -0.2) is 4.39 Å². The number of hydrogen-bond acceptors (Lipinski definition) is 5. The lowest BCUT2D eigenvalue weighted by atomic mass is 10.3. The molecule has 0 bridgehead atoms. The molecule has 0 N–H and O–H groups in total. The largest absolute Gasteiger partial charge is 0.353 e. The minimum Gasteiger partial charge on any atom is -0.353 e. The summed E-state index contributed by atoms with van der Waals surface area (Å²) >= 11 is 1.38. The van der Waals surface area contributed by atoms with Crippen molar-refractivity contribution in [2.45, 2.75) is 0 Å². The lowest BCUT2D eigenvalue weighted by Gasteiger charge is -2.03. The topological polar surface area (TPSA) is 41.9 Å². The number of rotatable bonds is 2. The maximum Gasteiger partial charge on any atom is 0.208 e. The van der Waals surface area contributed by atoms with Crippen molar-refractivity contribution in [2.24, 2.45) is 0 Å². The highest BCUT2D eigenvalue weighted by Crippen LogP contribution is 2.26. The first kappa shape index (κ1) is 9.97. The number of pyridine rings is 1. The van der Waals surface area contributed by atoms with E-state index in [1.807, 2.05) is 19.0 Å². The van der Waals surface area contributed by atoms with E-state index in [0.29, 0.717) is 10.7 Å². The van der Waals surface area contributed by atoms with Crippen LogP contribution in [0, 0.1) is 5.82 Å². The number of halogens is 1. The molecule has 6 heteroatoms. The first-order valence-electron chi connectivity index (χ1n) is 4.29. The van der Waals surface area contributed by atoms with E-state index < -0.39 is 0 Å². The van der Waals surface area contributed by atoms with Crippen LogP contribution in [0.2, 0.25) is 0 Å². The van der Waals surface area contributed by atoms with Gasteiger partial charge < -0.3 is 4.90 Å². The van der Waals surface area contributed by atoms with E-state index in [1.54, 1.807) is 0 Å². The molecule has 0 aliphatic carbocycles. The average Bonchev–Trinajstić information content (AvgIpc) is 2.66. The molecule has 0 spiro atoms. The van der Waals surface area contributed by atoms with E-state index in [0.717, 1.165) is 5.13 Å². The van der Waals surface area contributed by atoms with Crippen LogP contribution in [0.4, 0.5) is 9.52 Å². The van der Waals surface area contributed by atoms with E-state index in [2.05, 4.69) is 15.2 Å². The lowest BCUT2D eigenvalue weighted by Crippen LogP contribution is -2.07. The third kappa shape index (κ3) is 2.10. The molecule has 0 fully saturated rings. The molecule has 2 aromatic heterocycles. The fourth-order valence-electron chi connectivity index (χ4n) is 1.02. The second-order valence-corrected chi connectivity index (χ2v) is 4.10. The monoisotopic (exact) mass is 224 g/mol. The number of nitrogens with zero attached hydrogens (tertiary/aromatic N) is 4. The van der Waals surface area contributed by atoms with Gasteiger partial charge in [-0.1, -0.05) is 11.3 Å². The molecule has 78 valence electrons. The molecule has 0 aliphatic rings. The zero-order chi connectivity index (χ0) is 10.8. The summed E-state index contributed by atoms with van der Waals surface area (Å²) < 4.78 is 12.9. The number of hydrogen-bond donors (Lipinski definition) is 0. The Morgan fingerprint density at radius 2 is 2.13 bits per heavy atom. The quantitative estimate of drug-likeness (QED) is 0.780. The Balaban J connectivity index is 2.37. The average molecular weight is 224 g/mol. The summed E-state index contributed by atoms with van der Waals surface area (Å²) in [6, 6.07) is 2.65. The molecule has 0 unspecified atom stereocenters. The van der Waals surface area contributed by atoms with Crippen molar-refractivity contribution >= 4 is 16.5 Å². The third-order valence-electron chi connectivity index (χ3n) is 1.74. The molecule has 2 heterocycles. The first-order chi connectivity index (χ1) is 7.16. The standard InChI is InChI=1S/C9H9FN4S/c1-14(2)9-13-12-8(15-9)7-5-6(10)3-4-11-7/h3-5H,1-2H3. The van der Waals surface area contributed by atoms with Crippen LogP contribution in [0.5, 0.6) is 0 Å². The van der Waals surface area contributed by atoms with Crippen molar-refractivity contribution in [2.75, 3.05) is 19.0 Å². The molecule has 0 aliphatic heterocycles. The van der Waals surface area contributed by atoms with Gasteiger partial charge in [-0.05, 0) is 6.07 Å². The van der Waals surface area contributed by atoms with Gasteiger partial charge in [0.05, 0.1) is 0 Å². The molecule has 4 nitrogen and oxygen atoms in total. The second kappa shape index (κ2) is 3.90. The zero-order valence-corrected chi connectivity index (χ0v) is 9.12. The minimum absolute atomic E-state index is 0.318. The zero-order valence-electron chi connectivity index (χ0n) is 8.31. The van der Waals surface area contributed by atoms with Crippen LogP contribution >= 0.6 is 11.3 Å². The predicted molar refractivity (Wildman–Crippen MR) is 57.4 cm³/mol. The maximum atomic E-state index is 12.9. The van der Waals surface area contributed by atoms with Gasteiger partial charge >= 0.3 is 0 Å². The van der Waals surface area contributed by atoms with Crippen molar-refractivity contribution in [1.29, 1.82) is 0 Å². The van der Waals surface area contributed by atoms with Crippen molar-refractivity contribution < 1.29 is 4.39 Å². The van der Waals surface area contributed by atoms with E-state index >= 15 is 0 Å². The molecular formula is C9H9FN4S.